The van der Waals surface area contributed by atoms with Crippen molar-refractivity contribution in [3.8, 4) is 0 Å². The van der Waals surface area contributed by atoms with Gasteiger partial charge in [-0.05, 0) is 49.6 Å². The Morgan fingerprint density at radius 2 is 1.84 bits per heavy atom. The summed E-state index contributed by atoms with van der Waals surface area (Å²) in [5, 5.41) is 11.9. The summed E-state index contributed by atoms with van der Waals surface area (Å²) in [6.45, 7) is 3.71. The summed E-state index contributed by atoms with van der Waals surface area (Å²) in [7, 11) is 0. The molecule has 1 aromatic heterocycles. The maximum atomic E-state index is 12.7. The average molecular weight is 339 g/mol. The first-order valence-corrected chi connectivity index (χ1v) is 8.40. The lowest BCUT2D eigenvalue weighted by Gasteiger charge is -2.21. The van der Waals surface area contributed by atoms with Crippen molar-refractivity contribution in [1.29, 1.82) is 0 Å². The molecule has 2 heterocycles. The highest BCUT2D eigenvalue weighted by molar-refractivity contribution is 5.99. The first-order chi connectivity index (χ1) is 12.1. The van der Waals surface area contributed by atoms with Gasteiger partial charge < -0.3 is 15.3 Å². The van der Waals surface area contributed by atoms with Gasteiger partial charge in [0.25, 0.3) is 5.91 Å². The molecule has 0 spiro atoms. The number of rotatable bonds is 5. The van der Waals surface area contributed by atoms with Crippen molar-refractivity contribution in [2.45, 2.75) is 25.8 Å². The molecule has 130 valence electrons. The molecule has 6 heteroatoms. The van der Waals surface area contributed by atoms with Crippen LogP contribution in [-0.4, -0.2) is 35.1 Å². The summed E-state index contributed by atoms with van der Waals surface area (Å²) in [4.78, 5) is 30.2. The molecule has 0 saturated carbocycles. The highest BCUT2D eigenvalue weighted by Gasteiger charge is 2.21. The fraction of sp³-hybridized carbons (Fsp3) is 0.316. The summed E-state index contributed by atoms with van der Waals surface area (Å²) in [5.74, 6) is -0.412. The predicted octanol–water partition coefficient (Wildman–Crippen LogP) is 2.87. The van der Waals surface area contributed by atoms with Crippen LogP contribution in [0.1, 0.15) is 52.1 Å². The SMILES string of the molecule is C[C@@H](NC(=O)c1cccnc1N1CCCC1)c1ccc(C(=O)O)cc1. The van der Waals surface area contributed by atoms with E-state index >= 15 is 0 Å². The van der Waals surface area contributed by atoms with Gasteiger partial charge in [0, 0.05) is 19.3 Å². The molecule has 2 aromatic rings. The van der Waals surface area contributed by atoms with Crippen LogP contribution in [0.15, 0.2) is 42.6 Å². The van der Waals surface area contributed by atoms with E-state index in [9.17, 15) is 9.59 Å². The van der Waals surface area contributed by atoms with Crippen molar-refractivity contribution < 1.29 is 14.7 Å². The summed E-state index contributed by atoms with van der Waals surface area (Å²) >= 11 is 0. The first-order valence-electron chi connectivity index (χ1n) is 8.40. The van der Waals surface area contributed by atoms with E-state index in [1.807, 2.05) is 6.92 Å². The Hall–Kier alpha value is -2.89. The van der Waals surface area contributed by atoms with Gasteiger partial charge in [0.2, 0.25) is 0 Å². The number of benzene rings is 1. The molecule has 1 atom stereocenters. The van der Waals surface area contributed by atoms with Crippen LogP contribution < -0.4 is 10.2 Å². The van der Waals surface area contributed by atoms with Crippen molar-refractivity contribution in [3.05, 3.63) is 59.3 Å². The Balaban J connectivity index is 1.74. The van der Waals surface area contributed by atoms with E-state index in [2.05, 4.69) is 15.2 Å². The number of amides is 1. The molecule has 0 radical (unpaired) electrons. The molecule has 0 aliphatic carbocycles. The second kappa shape index (κ2) is 7.34. The van der Waals surface area contributed by atoms with E-state index in [0.717, 1.165) is 37.3 Å². The monoisotopic (exact) mass is 339 g/mol. The third-order valence-electron chi connectivity index (χ3n) is 4.44. The lowest BCUT2D eigenvalue weighted by molar-refractivity contribution is 0.0696. The molecule has 3 rings (SSSR count). The van der Waals surface area contributed by atoms with E-state index in [-0.39, 0.29) is 17.5 Å². The van der Waals surface area contributed by atoms with Crippen LogP contribution in [0.3, 0.4) is 0 Å². The quantitative estimate of drug-likeness (QED) is 0.875. The number of nitrogens with zero attached hydrogens (tertiary/aromatic N) is 2. The maximum Gasteiger partial charge on any atom is 0.335 e. The lowest BCUT2D eigenvalue weighted by atomic mass is 10.1. The number of carbonyl (C=O) groups is 2. The molecular formula is C19H21N3O3. The molecule has 1 fully saturated rings. The number of carboxylic acid groups (broad SMARTS) is 1. The largest absolute Gasteiger partial charge is 0.478 e. The summed E-state index contributed by atoms with van der Waals surface area (Å²) in [6, 6.07) is 9.84. The van der Waals surface area contributed by atoms with E-state index in [1.165, 1.54) is 0 Å². The summed E-state index contributed by atoms with van der Waals surface area (Å²) in [5.41, 5.74) is 1.65. The second-order valence-corrected chi connectivity index (χ2v) is 6.19. The number of aromatic carboxylic acids is 1. The van der Waals surface area contributed by atoms with E-state index in [0.29, 0.717) is 5.56 Å². The Kier molecular flexibility index (Phi) is 4.97. The maximum absolute atomic E-state index is 12.7. The summed E-state index contributed by atoms with van der Waals surface area (Å²) in [6.07, 6.45) is 3.94. The molecular weight excluding hydrogens is 318 g/mol. The van der Waals surface area contributed by atoms with Gasteiger partial charge in [0.1, 0.15) is 5.82 Å². The van der Waals surface area contributed by atoms with Crippen LogP contribution in [0.25, 0.3) is 0 Å². The van der Waals surface area contributed by atoms with E-state index in [1.54, 1.807) is 42.6 Å². The number of hydrogen-bond donors (Lipinski definition) is 2. The Bertz CT molecular complexity index is 768. The predicted molar refractivity (Wildman–Crippen MR) is 95.0 cm³/mol. The van der Waals surface area contributed by atoms with Gasteiger partial charge in [-0.3, -0.25) is 4.79 Å². The molecule has 1 aliphatic heterocycles. The van der Waals surface area contributed by atoms with Crippen LogP contribution in [0, 0.1) is 0 Å². The molecule has 1 aromatic carbocycles. The molecule has 1 aliphatic rings. The zero-order chi connectivity index (χ0) is 17.8. The van der Waals surface area contributed by atoms with Crippen LogP contribution in [0.4, 0.5) is 5.82 Å². The van der Waals surface area contributed by atoms with Crippen molar-refractivity contribution in [3.63, 3.8) is 0 Å². The Morgan fingerprint density at radius 1 is 1.16 bits per heavy atom. The first kappa shape index (κ1) is 17.0. The van der Waals surface area contributed by atoms with Crippen molar-refractivity contribution >= 4 is 17.7 Å². The van der Waals surface area contributed by atoms with Crippen LogP contribution in [-0.2, 0) is 0 Å². The fourth-order valence-electron chi connectivity index (χ4n) is 3.03. The molecule has 0 unspecified atom stereocenters. The smallest absolute Gasteiger partial charge is 0.335 e. The Morgan fingerprint density at radius 3 is 2.48 bits per heavy atom. The van der Waals surface area contributed by atoms with Gasteiger partial charge in [-0.25, -0.2) is 9.78 Å². The number of carboxylic acids is 1. The zero-order valence-electron chi connectivity index (χ0n) is 14.1. The molecule has 2 N–H and O–H groups in total. The molecule has 1 saturated heterocycles. The highest BCUT2D eigenvalue weighted by Crippen LogP contribution is 2.23. The summed E-state index contributed by atoms with van der Waals surface area (Å²) < 4.78 is 0. The van der Waals surface area contributed by atoms with Crippen molar-refractivity contribution in [2.75, 3.05) is 18.0 Å². The van der Waals surface area contributed by atoms with Gasteiger partial charge in [0.05, 0.1) is 17.2 Å². The van der Waals surface area contributed by atoms with Crippen molar-refractivity contribution in [2.24, 2.45) is 0 Å². The third kappa shape index (κ3) is 3.79. The number of carbonyl (C=O) groups excluding carboxylic acids is 1. The number of anilines is 1. The van der Waals surface area contributed by atoms with Crippen LogP contribution in [0.5, 0.6) is 0 Å². The van der Waals surface area contributed by atoms with E-state index < -0.39 is 5.97 Å². The topological polar surface area (TPSA) is 82.5 Å². The van der Waals surface area contributed by atoms with Gasteiger partial charge >= 0.3 is 5.97 Å². The average Bonchev–Trinajstić information content (AvgIpc) is 3.16. The second-order valence-electron chi connectivity index (χ2n) is 6.19. The van der Waals surface area contributed by atoms with Crippen LogP contribution in [0.2, 0.25) is 0 Å². The minimum atomic E-state index is -0.964. The fourth-order valence-corrected chi connectivity index (χ4v) is 3.03. The number of nitrogens with one attached hydrogen (secondary N) is 1. The third-order valence-corrected chi connectivity index (χ3v) is 4.44. The minimum absolute atomic E-state index is 0.176. The van der Waals surface area contributed by atoms with Crippen LogP contribution >= 0.6 is 0 Å². The number of pyridine rings is 1. The minimum Gasteiger partial charge on any atom is -0.478 e. The number of aromatic nitrogens is 1. The van der Waals surface area contributed by atoms with E-state index in [4.69, 9.17) is 5.11 Å². The van der Waals surface area contributed by atoms with Crippen molar-refractivity contribution in [1.82, 2.24) is 10.3 Å². The Labute approximate surface area is 146 Å². The molecule has 25 heavy (non-hydrogen) atoms. The number of hydrogen-bond acceptors (Lipinski definition) is 4. The van der Waals surface area contributed by atoms with Gasteiger partial charge in [-0.1, -0.05) is 12.1 Å². The normalized spacial score (nSPS) is 15.0. The van der Waals surface area contributed by atoms with Gasteiger partial charge in [-0.2, -0.15) is 0 Å². The zero-order valence-corrected chi connectivity index (χ0v) is 14.1. The standard InChI is InChI=1S/C19H21N3O3/c1-13(14-6-8-15(9-7-14)19(24)25)21-18(23)16-5-4-10-20-17(16)22-11-2-3-12-22/h4-10,13H,2-3,11-12H2,1H3,(H,21,23)(H,24,25)/t13-/m1/s1. The molecule has 6 nitrogen and oxygen atoms in total. The van der Waals surface area contributed by atoms with Gasteiger partial charge in [-0.15, -0.1) is 0 Å². The highest BCUT2D eigenvalue weighted by atomic mass is 16.4. The lowest BCUT2D eigenvalue weighted by Crippen LogP contribution is -2.30. The molecule has 1 amide bonds. The molecule has 0 bridgehead atoms. The van der Waals surface area contributed by atoms with Gasteiger partial charge in [0.15, 0.2) is 0 Å².